The molecule has 0 aromatic heterocycles. The Labute approximate surface area is 175 Å². The first-order valence-corrected chi connectivity index (χ1v) is 11.5. The molecule has 4 fully saturated rings. The van der Waals surface area contributed by atoms with Crippen molar-refractivity contribution in [3.63, 3.8) is 0 Å². The third-order valence-electron chi connectivity index (χ3n) is 9.71. The Balaban J connectivity index is 1.79. The first kappa shape index (κ1) is 21.0. The summed E-state index contributed by atoms with van der Waals surface area (Å²) in [7, 11) is 0. The van der Waals surface area contributed by atoms with Crippen LogP contribution < -0.4 is 0 Å². The molecule has 0 radical (unpaired) electrons. The van der Waals surface area contributed by atoms with Crippen molar-refractivity contribution in [2.24, 2.45) is 34.5 Å². The highest BCUT2D eigenvalue weighted by Crippen LogP contribution is 2.72. The molecule has 4 rings (SSSR count). The Morgan fingerprint density at radius 3 is 2.54 bits per heavy atom. The van der Waals surface area contributed by atoms with E-state index >= 15 is 0 Å². The highest BCUT2D eigenvalue weighted by atomic mass is 79.9. The van der Waals surface area contributed by atoms with Gasteiger partial charge in [0.25, 0.3) is 0 Å². The molecule has 158 valence electrons. The molecule has 4 aliphatic carbocycles. The number of ketones is 2. The topological polar surface area (TPSA) is 94.8 Å². The average Bonchev–Trinajstić information content (AvgIpc) is 2.84. The molecule has 4 saturated carbocycles. The highest BCUT2D eigenvalue weighted by Gasteiger charge is 2.74. The quantitative estimate of drug-likeness (QED) is 0.555. The van der Waals surface area contributed by atoms with Gasteiger partial charge >= 0.3 is 0 Å². The van der Waals surface area contributed by atoms with Gasteiger partial charge in [-0.3, -0.25) is 9.59 Å². The van der Waals surface area contributed by atoms with Gasteiger partial charge in [0.1, 0.15) is 18.0 Å². The number of aliphatic hydroxyl groups is 3. The fourth-order valence-corrected chi connectivity index (χ4v) is 9.33. The number of Topliss-reactive ketones (excluding diaryl/α,β-unsaturated/α-hetero) is 2. The Hall–Kier alpha value is -0.300. The molecule has 28 heavy (non-hydrogen) atoms. The van der Waals surface area contributed by atoms with Crippen LogP contribution in [0.25, 0.3) is 0 Å². The van der Waals surface area contributed by atoms with Crippen LogP contribution in [0.1, 0.15) is 65.7 Å². The minimum Gasteiger partial charge on any atom is -0.392 e. The number of rotatable bonds is 2. The van der Waals surface area contributed by atoms with E-state index in [1.807, 2.05) is 13.8 Å². The normalized spacial score (nSPS) is 56.0. The second-order valence-corrected chi connectivity index (χ2v) is 11.8. The maximum atomic E-state index is 12.6. The summed E-state index contributed by atoms with van der Waals surface area (Å²) in [6, 6.07) is 0. The molecular formula is C22H33BrO5. The number of carbonyl (C=O) groups excluding carboxylic acids is 2. The monoisotopic (exact) mass is 456 g/mol. The van der Waals surface area contributed by atoms with Gasteiger partial charge in [-0.2, -0.15) is 0 Å². The molecule has 6 heteroatoms. The summed E-state index contributed by atoms with van der Waals surface area (Å²) < 4.78 is -0.513. The van der Waals surface area contributed by atoms with Crippen molar-refractivity contribution in [1.82, 2.24) is 0 Å². The van der Waals surface area contributed by atoms with Gasteiger partial charge in [-0.1, -0.05) is 36.7 Å². The fraction of sp³-hybridized carbons (Fsp3) is 0.909. The maximum Gasteiger partial charge on any atom is 0.190 e. The summed E-state index contributed by atoms with van der Waals surface area (Å²) in [6.45, 7) is 5.38. The average molecular weight is 457 g/mol. The molecule has 0 bridgehead atoms. The minimum atomic E-state index is -1.61. The number of aliphatic hydroxyl groups excluding tert-OH is 2. The number of alkyl halides is 1. The number of carbonyl (C=O) groups is 2. The van der Waals surface area contributed by atoms with Crippen LogP contribution in [-0.2, 0) is 9.59 Å². The Bertz CT molecular complexity index is 711. The van der Waals surface area contributed by atoms with E-state index in [9.17, 15) is 24.9 Å². The van der Waals surface area contributed by atoms with Crippen LogP contribution >= 0.6 is 15.9 Å². The zero-order chi connectivity index (χ0) is 20.7. The summed E-state index contributed by atoms with van der Waals surface area (Å²) in [5.74, 6) is 0.00896. The van der Waals surface area contributed by atoms with Crippen LogP contribution in [0.15, 0.2) is 0 Å². The number of hydrogen-bond donors (Lipinski definition) is 3. The van der Waals surface area contributed by atoms with Gasteiger partial charge in [0.2, 0.25) is 0 Å². The molecule has 5 nitrogen and oxygen atoms in total. The zero-order valence-corrected chi connectivity index (χ0v) is 18.7. The van der Waals surface area contributed by atoms with Crippen LogP contribution in [0, 0.1) is 34.5 Å². The maximum absolute atomic E-state index is 12.6. The standard InChI is InChI=1S/C22H33BrO5/c1-12-8-16-15-5-4-13-9-14(25)6-7-19(13,2)21(15,23)17(26)10-20(16,3)22(12,28)18(27)11-24/h12-13,15-17,24,26,28H,4-11H2,1-3H3/t12-,13-,15-,16-,17-,19-,20-,21-,22-/m0/s1. The van der Waals surface area contributed by atoms with E-state index in [0.717, 1.165) is 19.3 Å². The molecule has 0 aliphatic heterocycles. The lowest BCUT2D eigenvalue weighted by atomic mass is 9.43. The highest BCUT2D eigenvalue weighted by molar-refractivity contribution is 9.10. The summed E-state index contributed by atoms with van der Waals surface area (Å²) in [4.78, 5) is 24.8. The minimum absolute atomic E-state index is 0.0844. The van der Waals surface area contributed by atoms with Gasteiger partial charge in [0.05, 0.1) is 10.4 Å². The van der Waals surface area contributed by atoms with Crippen molar-refractivity contribution in [1.29, 1.82) is 0 Å². The van der Waals surface area contributed by atoms with Gasteiger partial charge < -0.3 is 15.3 Å². The molecule has 0 heterocycles. The molecule has 0 saturated heterocycles. The van der Waals surface area contributed by atoms with Crippen molar-refractivity contribution < 1.29 is 24.9 Å². The van der Waals surface area contributed by atoms with E-state index < -0.39 is 33.8 Å². The lowest BCUT2D eigenvalue weighted by Gasteiger charge is -2.66. The molecule has 3 N–H and O–H groups in total. The third-order valence-corrected chi connectivity index (χ3v) is 11.7. The molecule has 0 amide bonds. The predicted octanol–water partition coefficient (Wildman–Crippen LogP) is 2.63. The first-order chi connectivity index (χ1) is 13.0. The van der Waals surface area contributed by atoms with Gasteiger partial charge in [0, 0.05) is 18.3 Å². The van der Waals surface area contributed by atoms with Gasteiger partial charge in [-0.05, 0) is 61.2 Å². The molecule has 0 spiro atoms. The fourth-order valence-electron chi connectivity index (χ4n) is 8.10. The largest absolute Gasteiger partial charge is 0.392 e. The summed E-state index contributed by atoms with van der Waals surface area (Å²) in [6.07, 6.45) is 4.06. The molecular weight excluding hydrogens is 424 g/mol. The summed E-state index contributed by atoms with van der Waals surface area (Å²) in [5.41, 5.74) is -2.56. The van der Waals surface area contributed by atoms with Crippen LogP contribution in [0.5, 0.6) is 0 Å². The molecule has 0 unspecified atom stereocenters. The Morgan fingerprint density at radius 1 is 1.21 bits per heavy atom. The smallest absolute Gasteiger partial charge is 0.190 e. The second-order valence-electron chi connectivity index (χ2n) is 10.5. The van der Waals surface area contributed by atoms with E-state index in [-0.39, 0.29) is 29.1 Å². The summed E-state index contributed by atoms with van der Waals surface area (Å²) in [5, 5.41) is 32.6. The second kappa shape index (κ2) is 6.35. The van der Waals surface area contributed by atoms with Crippen LogP contribution in [0.4, 0.5) is 0 Å². The van der Waals surface area contributed by atoms with E-state index in [1.165, 1.54) is 0 Å². The van der Waals surface area contributed by atoms with Gasteiger partial charge in [-0.25, -0.2) is 0 Å². The van der Waals surface area contributed by atoms with Crippen molar-refractivity contribution in [2.45, 2.75) is 81.7 Å². The van der Waals surface area contributed by atoms with Crippen molar-refractivity contribution in [2.75, 3.05) is 6.61 Å². The first-order valence-electron chi connectivity index (χ1n) is 10.7. The molecule has 0 aromatic carbocycles. The van der Waals surface area contributed by atoms with E-state index in [0.29, 0.717) is 31.5 Å². The lowest BCUT2D eigenvalue weighted by Crippen LogP contribution is -2.70. The van der Waals surface area contributed by atoms with Crippen LogP contribution in [0.2, 0.25) is 0 Å². The summed E-state index contributed by atoms with van der Waals surface area (Å²) >= 11 is 4.05. The number of fused-ring (bicyclic) bond motifs is 5. The molecule has 0 aromatic rings. The van der Waals surface area contributed by atoms with Crippen molar-refractivity contribution in [3.05, 3.63) is 0 Å². The van der Waals surface area contributed by atoms with E-state index in [1.54, 1.807) is 0 Å². The lowest BCUT2D eigenvalue weighted by molar-refractivity contribution is -0.190. The van der Waals surface area contributed by atoms with E-state index in [4.69, 9.17) is 0 Å². The van der Waals surface area contributed by atoms with Crippen molar-refractivity contribution in [3.8, 4) is 0 Å². The van der Waals surface area contributed by atoms with E-state index in [2.05, 4.69) is 22.9 Å². The SMILES string of the molecule is C[C@H]1C[C@H]2[C@@H]3CC[C@H]4CC(=O)CC[C@]4(C)[C@@]3(Br)[C@@H](O)C[C@]2(C)[C@@]1(O)C(=O)CO. The van der Waals surface area contributed by atoms with Crippen LogP contribution in [0.3, 0.4) is 0 Å². The third kappa shape index (κ3) is 2.24. The predicted molar refractivity (Wildman–Crippen MR) is 108 cm³/mol. The van der Waals surface area contributed by atoms with Gasteiger partial charge in [-0.15, -0.1) is 0 Å². The van der Waals surface area contributed by atoms with Crippen molar-refractivity contribution >= 4 is 27.5 Å². The Kier molecular flexibility index (Phi) is 4.75. The zero-order valence-electron chi connectivity index (χ0n) is 17.1. The Morgan fingerprint density at radius 2 is 1.89 bits per heavy atom. The number of hydrogen-bond acceptors (Lipinski definition) is 5. The van der Waals surface area contributed by atoms with Gasteiger partial charge in [0.15, 0.2) is 5.78 Å². The molecule has 4 aliphatic rings. The molecule has 9 atom stereocenters. The van der Waals surface area contributed by atoms with Crippen LogP contribution in [-0.4, -0.2) is 49.5 Å². The number of halogens is 1.